The largest absolute Gasteiger partial charge is 0.489 e. The summed E-state index contributed by atoms with van der Waals surface area (Å²) in [6.07, 6.45) is 1.70. The molecule has 0 atom stereocenters. The van der Waals surface area contributed by atoms with Crippen molar-refractivity contribution in [2.75, 3.05) is 13.2 Å². The molecule has 1 N–H and O–H groups in total. The Bertz CT molecular complexity index is 907. The Morgan fingerprint density at radius 3 is 2.46 bits per heavy atom. The van der Waals surface area contributed by atoms with Crippen LogP contribution in [0.4, 0.5) is 0 Å². The summed E-state index contributed by atoms with van der Waals surface area (Å²) in [6.45, 7) is 2.10. The van der Waals surface area contributed by atoms with Gasteiger partial charge in [0.15, 0.2) is 0 Å². The van der Waals surface area contributed by atoms with Gasteiger partial charge in [-0.25, -0.2) is 4.98 Å². The molecule has 0 saturated heterocycles. The molecule has 0 spiro atoms. The molecule has 4 nitrogen and oxygen atoms in total. The van der Waals surface area contributed by atoms with E-state index in [-0.39, 0.29) is 0 Å². The second kappa shape index (κ2) is 10.5. The monoisotopic (exact) mass is 436 g/mol. The van der Waals surface area contributed by atoms with E-state index in [1.54, 1.807) is 24.4 Å². The van der Waals surface area contributed by atoms with Gasteiger partial charge in [0.25, 0.3) is 0 Å². The molecule has 2 aromatic carbocycles. The number of rotatable bonds is 9. The summed E-state index contributed by atoms with van der Waals surface area (Å²) in [5.41, 5.74) is 1.82. The van der Waals surface area contributed by atoms with E-state index >= 15 is 0 Å². The third-order valence-electron chi connectivity index (χ3n) is 3.90. The molecule has 0 aliphatic carbocycles. The molecule has 7 heteroatoms. The maximum Gasteiger partial charge on any atom is 0.213 e. The van der Waals surface area contributed by atoms with Gasteiger partial charge in [-0.15, -0.1) is 0 Å². The lowest BCUT2D eigenvalue weighted by molar-refractivity contribution is 0.295. The van der Waals surface area contributed by atoms with Crippen LogP contribution in [0.3, 0.4) is 0 Å². The number of hydrogen-bond donors (Lipinski definition) is 1. The highest BCUT2D eigenvalue weighted by atomic mass is 35.5. The normalized spacial score (nSPS) is 10.7. The molecule has 0 aliphatic heterocycles. The molecule has 1 heterocycles. The van der Waals surface area contributed by atoms with Crippen molar-refractivity contribution in [1.29, 1.82) is 0 Å². The van der Waals surface area contributed by atoms with Crippen LogP contribution in [0.1, 0.15) is 11.1 Å². The van der Waals surface area contributed by atoms with Crippen LogP contribution in [0.2, 0.25) is 15.1 Å². The fraction of sp³-hybridized carbons (Fsp3) is 0.190. The van der Waals surface area contributed by atoms with Crippen LogP contribution in [-0.2, 0) is 13.2 Å². The van der Waals surface area contributed by atoms with Gasteiger partial charge >= 0.3 is 0 Å². The van der Waals surface area contributed by atoms with Crippen LogP contribution in [-0.4, -0.2) is 18.1 Å². The molecular weight excluding hydrogens is 419 g/mol. The lowest BCUT2D eigenvalue weighted by atomic mass is 10.2. The molecule has 0 amide bonds. The number of nitrogens with zero attached hydrogens (tertiary/aromatic N) is 1. The minimum absolute atomic E-state index is 0.341. The molecule has 28 heavy (non-hydrogen) atoms. The average molecular weight is 438 g/mol. The van der Waals surface area contributed by atoms with Crippen molar-refractivity contribution in [3.63, 3.8) is 0 Å². The Kier molecular flexibility index (Phi) is 7.80. The Morgan fingerprint density at radius 2 is 1.68 bits per heavy atom. The van der Waals surface area contributed by atoms with Crippen molar-refractivity contribution in [1.82, 2.24) is 10.3 Å². The third kappa shape index (κ3) is 6.28. The van der Waals surface area contributed by atoms with Gasteiger partial charge < -0.3 is 14.8 Å². The predicted molar refractivity (Wildman–Crippen MR) is 114 cm³/mol. The van der Waals surface area contributed by atoms with Crippen LogP contribution in [0, 0.1) is 0 Å². The summed E-state index contributed by atoms with van der Waals surface area (Å²) >= 11 is 18.3. The van der Waals surface area contributed by atoms with Crippen LogP contribution >= 0.6 is 34.8 Å². The zero-order valence-electron chi connectivity index (χ0n) is 15.0. The number of ether oxygens (including phenoxy) is 2. The van der Waals surface area contributed by atoms with Gasteiger partial charge in [-0.1, -0.05) is 46.9 Å². The average Bonchev–Trinajstić information content (AvgIpc) is 2.69. The number of hydrogen-bond acceptors (Lipinski definition) is 4. The first-order valence-corrected chi connectivity index (χ1v) is 9.85. The van der Waals surface area contributed by atoms with Crippen molar-refractivity contribution in [3.05, 3.63) is 87.0 Å². The lowest BCUT2D eigenvalue weighted by Gasteiger charge is -2.14. The highest BCUT2D eigenvalue weighted by Crippen LogP contribution is 2.26. The standard InChI is InChI=1S/C21H19Cl3N2O2/c22-17-6-7-20(28-14-15-4-5-18(23)12-19(15)24)16(11-17)13-25-9-10-27-21-3-1-2-8-26-21/h1-8,11-12,25H,9-10,13-14H2. The van der Waals surface area contributed by atoms with Crippen molar-refractivity contribution < 1.29 is 9.47 Å². The van der Waals surface area contributed by atoms with Crippen molar-refractivity contribution >= 4 is 34.8 Å². The van der Waals surface area contributed by atoms with E-state index < -0.39 is 0 Å². The van der Waals surface area contributed by atoms with Gasteiger partial charge in [-0.05, 0) is 36.4 Å². The van der Waals surface area contributed by atoms with Gasteiger partial charge in [0, 0.05) is 51.5 Å². The molecule has 0 bridgehead atoms. The first kappa shape index (κ1) is 20.7. The van der Waals surface area contributed by atoms with Gasteiger partial charge in [0.2, 0.25) is 5.88 Å². The molecule has 0 unspecified atom stereocenters. The molecular formula is C21H19Cl3N2O2. The fourth-order valence-electron chi connectivity index (χ4n) is 2.50. The number of aromatic nitrogens is 1. The predicted octanol–water partition coefficient (Wildman–Crippen LogP) is 5.79. The van der Waals surface area contributed by atoms with E-state index in [0.29, 0.717) is 47.3 Å². The summed E-state index contributed by atoms with van der Waals surface area (Å²) in [5.74, 6) is 1.35. The second-order valence-electron chi connectivity index (χ2n) is 5.97. The molecule has 0 fully saturated rings. The number of benzene rings is 2. The topological polar surface area (TPSA) is 43.4 Å². The lowest BCUT2D eigenvalue weighted by Crippen LogP contribution is -2.21. The summed E-state index contributed by atoms with van der Waals surface area (Å²) in [4.78, 5) is 4.12. The molecule has 1 aromatic heterocycles. The third-order valence-corrected chi connectivity index (χ3v) is 4.72. The minimum Gasteiger partial charge on any atom is -0.489 e. The molecule has 146 valence electrons. The summed E-state index contributed by atoms with van der Waals surface area (Å²) < 4.78 is 11.5. The molecule has 0 radical (unpaired) electrons. The highest BCUT2D eigenvalue weighted by Gasteiger charge is 2.08. The fourth-order valence-corrected chi connectivity index (χ4v) is 3.16. The molecule has 0 saturated carbocycles. The van der Waals surface area contributed by atoms with Crippen LogP contribution in [0.15, 0.2) is 60.8 Å². The van der Waals surface area contributed by atoms with E-state index in [2.05, 4.69) is 10.3 Å². The van der Waals surface area contributed by atoms with Gasteiger partial charge in [0.1, 0.15) is 19.0 Å². The van der Waals surface area contributed by atoms with E-state index in [1.807, 2.05) is 36.4 Å². The second-order valence-corrected chi connectivity index (χ2v) is 7.25. The van der Waals surface area contributed by atoms with Gasteiger partial charge in [-0.2, -0.15) is 0 Å². The van der Waals surface area contributed by atoms with Crippen molar-refractivity contribution in [2.45, 2.75) is 13.2 Å². The van der Waals surface area contributed by atoms with Crippen LogP contribution in [0.5, 0.6) is 11.6 Å². The minimum atomic E-state index is 0.341. The van der Waals surface area contributed by atoms with E-state index in [9.17, 15) is 0 Å². The first-order chi connectivity index (χ1) is 13.6. The zero-order valence-corrected chi connectivity index (χ0v) is 17.3. The van der Waals surface area contributed by atoms with E-state index in [4.69, 9.17) is 44.3 Å². The Hall–Kier alpha value is -1.98. The summed E-state index contributed by atoms with van der Waals surface area (Å²) in [6, 6.07) is 16.4. The summed E-state index contributed by atoms with van der Waals surface area (Å²) in [5, 5.41) is 5.15. The van der Waals surface area contributed by atoms with Crippen molar-refractivity contribution in [2.24, 2.45) is 0 Å². The maximum atomic E-state index is 6.21. The Balaban J connectivity index is 1.53. The highest BCUT2D eigenvalue weighted by molar-refractivity contribution is 6.35. The van der Waals surface area contributed by atoms with E-state index in [1.165, 1.54) is 0 Å². The van der Waals surface area contributed by atoms with E-state index in [0.717, 1.165) is 16.9 Å². The Morgan fingerprint density at radius 1 is 0.857 bits per heavy atom. The molecule has 3 aromatic rings. The maximum absolute atomic E-state index is 6.21. The van der Waals surface area contributed by atoms with Crippen LogP contribution < -0.4 is 14.8 Å². The van der Waals surface area contributed by atoms with Crippen LogP contribution in [0.25, 0.3) is 0 Å². The van der Waals surface area contributed by atoms with Crippen molar-refractivity contribution in [3.8, 4) is 11.6 Å². The number of nitrogens with one attached hydrogen (secondary N) is 1. The molecule has 3 rings (SSSR count). The van der Waals surface area contributed by atoms with Gasteiger partial charge in [0.05, 0.1) is 0 Å². The first-order valence-electron chi connectivity index (χ1n) is 8.71. The molecule has 0 aliphatic rings. The Labute approximate surface area is 179 Å². The quantitative estimate of drug-likeness (QED) is 0.430. The zero-order chi connectivity index (χ0) is 19.8. The summed E-state index contributed by atoms with van der Waals surface area (Å²) in [7, 11) is 0. The van der Waals surface area contributed by atoms with Gasteiger partial charge in [-0.3, -0.25) is 0 Å². The smallest absolute Gasteiger partial charge is 0.213 e. The number of halogens is 3. The number of pyridine rings is 1. The SMILES string of the molecule is Clc1ccc(COc2ccc(Cl)cc2CNCCOc2ccccn2)c(Cl)c1.